The lowest BCUT2D eigenvalue weighted by molar-refractivity contribution is -0.161. The van der Waals surface area contributed by atoms with Crippen LogP contribution in [0.1, 0.15) is 80.1 Å². The van der Waals surface area contributed by atoms with Crippen molar-refractivity contribution < 1.29 is 30.0 Å². The SMILES string of the molecule is CC(C)[C@H](C)C1OC1[C@](C)(O)[C@H]1CC[C@@]2(O)C3=CC(=O)[C@@H]4C[C@@H](O)[C@@H](O)C[C@]4(C)[C@H]3CC[C@]12C. The molecule has 34 heavy (non-hydrogen) atoms. The van der Waals surface area contributed by atoms with Gasteiger partial charge in [0.25, 0.3) is 0 Å². The van der Waals surface area contributed by atoms with Crippen molar-refractivity contribution in [3.05, 3.63) is 11.6 Å². The van der Waals surface area contributed by atoms with Crippen molar-refractivity contribution in [1.29, 1.82) is 0 Å². The van der Waals surface area contributed by atoms with E-state index in [4.69, 9.17) is 4.74 Å². The third-order valence-corrected chi connectivity index (χ3v) is 11.5. The summed E-state index contributed by atoms with van der Waals surface area (Å²) in [6, 6.07) is 0. The molecule has 4 aliphatic carbocycles. The molecule has 192 valence electrons. The number of fused-ring (bicyclic) bond motifs is 5. The first-order chi connectivity index (χ1) is 15.7. The summed E-state index contributed by atoms with van der Waals surface area (Å²) < 4.78 is 6.06. The minimum atomic E-state index is -1.16. The Hall–Kier alpha value is -0.790. The molecule has 0 amide bonds. The van der Waals surface area contributed by atoms with Gasteiger partial charge in [0.2, 0.25) is 0 Å². The molecule has 1 saturated heterocycles. The van der Waals surface area contributed by atoms with Crippen LogP contribution in [0.15, 0.2) is 11.6 Å². The third kappa shape index (κ3) is 3.14. The van der Waals surface area contributed by atoms with Gasteiger partial charge in [0.15, 0.2) is 5.78 Å². The number of hydrogen-bond acceptors (Lipinski definition) is 6. The fraction of sp³-hybridized carbons (Fsp3) is 0.893. The van der Waals surface area contributed by atoms with E-state index in [0.717, 1.165) is 18.4 Å². The first-order valence-corrected chi connectivity index (χ1v) is 13.4. The number of hydrogen-bond donors (Lipinski definition) is 4. The summed E-state index contributed by atoms with van der Waals surface area (Å²) in [5, 5.41) is 44.9. The molecule has 12 atom stereocenters. The molecule has 5 aliphatic rings. The Labute approximate surface area is 203 Å². The Balaban J connectivity index is 1.47. The Bertz CT molecular complexity index is 895. The van der Waals surface area contributed by atoms with Gasteiger partial charge in [-0.1, -0.05) is 34.6 Å². The Morgan fingerprint density at radius 3 is 2.41 bits per heavy atom. The third-order valence-electron chi connectivity index (χ3n) is 11.5. The van der Waals surface area contributed by atoms with Crippen LogP contribution in [0.2, 0.25) is 0 Å². The van der Waals surface area contributed by atoms with Crippen LogP contribution < -0.4 is 0 Å². The zero-order valence-corrected chi connectivity index (χ0v) is 21.6. The molecular formula is C28H44O6. The van der Waals surface area contributed by atoms with Crippen molar-refractivity contribution in [2.24, 2.45) is 40.4 Å². The summed E-state index contributed by atoms with van der Waals surface area (Å²) in [5.41, 5.74) is -2.46. The minimum Gasteiger partial charge on any atom is -0.390 e. The van der Waals surface area contributed by atoms with E-state index in [9.17, 15) is 25.2 Å². The number of aliphatic hydroxyl groups excluding tert-OH is 2. The first kappa shape index (κ1) is 24.9. The van der Waals surface area contributed by atoms with Gasteiger partial charge in [-0.2, -0.15) is 0 Å². The summed E-state index contributed by atoms with van der Waals surface area (Å²) in [5.74, 6) is 0.304. The van der Waals surface area contributed by atoms with Gasteiger partial charge in [-0.3, -0.25) is 4.79 Å². The Morgan fingerprint density at radius 2 is 1.76 bits per heavy atom. The molecule has 0 aromatic heterocycles. The van der Waals surface area contributed by atoms with Gasteiger partial charge in [-0.25, -0.2) is 0 Å². The maximum Gasteiger partial charge on any atom is 0.159 e. The van der Waals surface area contributed by atoms with E-state index in [1.165, 1.54) is 0 Å². The smallest absolute Gasteiger partial charge is 0.159 e. The lowest BCUT2D eigenvalue weighted by Gasteiger charge is -2.60. The maximum absolute atomic E-state index is 13.3. The number of ether oxygens (including phenoxy) is 1. The van der Waals surface area contributed by atoms with Gasteiger partial charge < -0.3 is 25.2 Å². The van der Waals surface area contributed by atoms with Crippen molar-refractivity contribution in [3.8, 4) is 0 Å². The molecule has 0 bridgehead atoms. The molecular weight excluding hydrogens is 432 g/mol. The summed E-state index contributed by atoms with van der Waals surface area (Å²) in [6.07, 6.45) is 3.15. The van der Waals surface area contributed by atoms with Crippen molar-refractivity contribution >= 4 is 5.78 Å². The van der Waals surface area contributed by atoms with E-state index >= 15 is 0 Å². The lowest BCUT2D eigenvalue weighted by Crippen LogP contribution is -2.62. The topological polar surface area (TPSA) is 111 Å². The quantitative estimate of drug-likeness (QED) is 0.464. The highest BCUT2D eigenvalue weighted by atomic mass is 16.6. The Kier molecular flexibility index (Phi) is 5.57. The normalized spacial score (nSPS) is 52.9. The standard InChI is InChI=1S/C28H44O6/c1-14(2)15(3)23-24(34-23)27(6,32)22-8-10-28(33)17-11-19(29)18-12-20(30)21(31)13-25(18,4)16(17)7-9-26(22,28)5/h11,14-16,18,20-24,30-33H,7-10,12-13H2,1-6H3/t15-,16-,18-,20+,21-,22-,23?,24?,25+,26+,27+,28+/m0/s1. The Morgan fingerprint density at radius 1 is 1.09 bits per heavy atom. The highest BCUT2D eigenvalue weighted by Crippen LogP contribution is 2.69. The van der Waals surface area contributed by atoms with E-state index in [1.807, 2.05) is 6.92 Å². The van der Waals surface area contributed by atoms with E-state index in [0.29, 0.717) is 31.1 Å². The molecule has 1 aliphatic heterocycles. The zero-order chi connectivity index (χ0) is 25.0. The number of rotatable bonds is 4. The molecule has 0 aromatic carbocycles. The van der Waals surface area contributed by atoms with Gasteiger partial charge >= 0.3 is 0 Å². The van der Waals surface area contributed by atoms with Crippen LogP contribution in [0, 0.1) is 40.4 Å². The lowest BCUT2D eigenvalue weighted by atomic mass is 9.45. The number of carbonyl (C=O) groups excluding carboxylic acids is 1. The summed E-state index contributed by atoms with van der Waals surface area (Å²) in [7, 11) is 0. The van der Waals surface area contributed by atoms with Gasteiger partial charge in [0, 0.05) is 11.3 Å². The van der Waals surface area contributed by atoms with Crippen LogP contribution in [-0.2, 0) is 9.53 Å². The zero-order valence-electron chi connectivity index (χ0n) is 21.6. The van der Waals surface area contributed by atoms with E-state index < -0.39 is 34.2 Å². The molecule has 1 heterocycles. The molecule has 5 rings (SSSR count). The number of carbonyl (C=O) groups is 1. The van der Waals surface area contributed by atoms with Crippen LogP contribution in [0.3, 0.4) is 0 Å². The second-order valence-electron chi connectivity index (χ2n) is 13.4. The maximum atomic E-state index is 13.3. The van der Waals surface area contributed by atoms with Gasteiger partial charge in [-0.05, 0) is 86.2 Å². The van der Waals surface area contributed by atoms with Gasteiger partial charge in [0.05, 0.1) is 29.5 Å². The van der Waals surface area contributed by atoms with Crippen LogP contribution in [0.4, 0.5) is 0 Å². The number of epoxide rings is 1. The molecule has 6 heteroatoms. The predicted octanol–water partition coefficient (Wildman–Crippen LogP) is 3.00. The monoisotopic (exact) mass is 476 g/mol. The van der Waals surface area contributed by atoms with Crippen LogP contribution in [0.5, 0.6) is 0 Å². The van der Waals surface area contributed by atoms with Crippen LogP contribution in [-0.4, -0.2) is 61.8 Å². The minimum absolute atomic E-state index is 0.00925. The highest BCUT2D eigenvalue weighted by molar-refractivity contribution is 5.95. The van der Waals surface area contributed by atoms with Crippen molar-refractivity contribution in [2.45, 2.75) is 116 Å². The first-order valence-electron chi connectivity index (χ1n) is 13.4. The van der Waals surface area contributed by atoms with E-state index in [1.54, 1.807) is 6.08 Å². The average Bonchev–Trinajstić information content (AvgIpc) is 3.49. The summed E-state index contributed by atoms with van der Waals surface area (Å²) in [6.45, 7) is 12.6. The molecule has 4 N–H and O–H groups in total. The molecule has 2 unspecified atom stereocenters. The fourth-order valence-electron chi connectivity index (χ4n) is 8.88. The van der Waals surface area contributed by atoms with Crippen molar-refractivity contribution in [2.75, 3.05) is 0 Å². The molecule has 4 fully saturated rings. The van der Waals surface area contributed by atoms with Crippen molar-refractivity contribution in [3.63, 3.8) is 0 Å². The molecule has 0 aromatic rings. The van der Waals surface area contributed by atoms with Gasteiger partial charge in [-0.15, -0.1) is 0 Å². The van der Waals surface area contributed by atoms with Crippen LogP contribution in [0.25, 0.3) is 0 Å². The summed E-state index contributed by atoms with van der Waals surface area (Å²) in [4.78, 5) is 13.3. The second-order valence-corrected chi connectivity index (χ2v) is 13.4. The van der Waals surface area contributed by atoms with Gasteiger partial charge in [0.1, 0.15) is 6.10 Å². The van der Waals surface area contributed by atoms with Crippen LogP contribution >= 0.6 is 0 Å². The second kappa shape index (κ2) is 7.61. The fourth-order valence-corrected chi connectivity index (χ4v) is 8.88. The number of ketones is 1. The largest absolute Gasteiger partial charge is 0.390 e. The highest BCUT2D eigenvalue weighted by Gasteiger charge is 2.71. The summed E-state index contributed by atoms with van der Waals surface area (Å²) >= 11 is 0. The average molecular weight is 477 g/mol. The number of aliphatic hydroxyl groups is 4. The number of allylic oxidation sites excluding steroid dienone is 1. The van der Waals surface area contributed by atoms with E-state index in [2.05, 4.69) is 34.6 Å². The molecule has 3 saturated carbocycles. The molecule has 0 radical (unpaired) electrons. The molecule has 6 nitrogen and oxygen atoms in total. The molecule has 0 spiro atoms. The van der Waals surface area contributed by atoms with E-state index in [-0.39, 0.29) is 42.2 Å². The predicted molar refractivity (Wildman–Crippen MR) is 128 cm³/mol. The van der Waals surface area contributed by atoms with Crippen molar-refractivity contribution in [1.82, 2.24) is 0 Å².